The monoisotopic (exact) mass is 351 g/mol. The van der Waals surface area contributed by atoms with E-state index in [1.165, 1.54) is 6.20 Å². The van der Waals surface area contributed by atoms with E-state index < -0.39 is 0 Å². The van der Waals surface area contributed by atoms with E-state index in [2.05, 4.69) is 9.97 Å². The first-order valence-electron chi connectivity index (χ1n) is 8.84. The van der Waals surface area contributed by atoms with Crippen LogP contribution in [0.2, 0.25) is 0 Å². The number of carbonyl (C=O) groups is 2. The van der Waals surface area contributed by atoms with E-state index in [9.17, 15) is 9.59 Å². The summed E-state index contributed by atoms with van der Waals surface area (Å²) in [6.07, 6.45) is 5.09. The standard InChI is InChI=1S/C19H21N5O2/c20-17-7-5-14(9-22-17)18(25)24-11-13-4-6-15(24)12-23(10-13)19(26)16-3-1-2-8-21-16/h1-3,5,7-9,13,15H,4,6,10-12H2,(H2,20,22)/t13-,15+/m0/s1. The predicted octanol–water partition coefficient (Wildman–Crippen LogP) is 1.44. The molecule has 0 radical (unpaired) electrons. The van der Waals surface area contributed by atoms with Crippen molar-refractivity contribution >= 4 is 17.6 Å². The molecule has 0 spiro atoms. The van der Waals surface area contributed by atoms with Gasteiger partial charge in [0.2, 0.25) is 0 Å². The van der Waals surface area contributed by atoms with Crippen LogP contribution in [0, 0.1) is 5.92 Å². The lowest BCUT2D eigenvalue weighted by atomic mass is 9.94. The Morgan fingerprint density at radius 1 is 1.00 bits per heavy atom. The number of aromatic nitrogens is 2. The van der Waals surface area contributed by atoms with Gasteiger partial charge in [-0.25, -0.2) is 4.98 Å². The van der Waals surface area contributed by atoms with Crippen molar-refractivity contribution in [1.82, 2.24) is 19.8 Å². The minimum Gasteiger partial charge on any atom is -0.384 e. The second-order valence-electron chi connectivity index (χ2n) is 6.95. The van der Waals surface area contributed by atoms with Gasteiger partial charge in [0.15, 0.2) is 0 Å². The van der Waals surface area contributed by atoms with Gasteiger partial charge in [-0.1, -0.05) is 6.07 Å². The number of anilines is 1. The lowest BCUT2D eigenvalue weighted by Crippen LogP contribution is -2.47. The molecule has 0 saturated carbocycles. The Morgan fingerprint density at radius 2 is 1.88 bits per heavy atom. The molecule has 3 saturated heterocycles. The highest BCUT2D eigenvalue weighted by Crippen LogP contribution is 2.29. The highest BCUT2D eigenvalue weighted by molar-refractivity contribution is 5.95. The van der Waals surface area contributed by atoms with E-state index in [1.54, 1.807) is 30.5 Å². The van der Waals surface area contributed by atoms with Crippen LogP contribution in [0.3, 0.4) is 0 Å². The van der Waals surface area contributed by atoms with Gasteiger partial charge in [-0.05, 0) is 43.0 Å². The summed E-state index contributed by atoms with van der Waals surface area (Å²) in [4.78, 5) is 37.7. The van der Waals surface area contributed by atoms with Crippen molar-refractivity contribution < 1.29 is 9.59 Å². The number of piperidine rings is 1. The molecule has 5 heterocycles. The summed E-state index contributed by atoms with van der Waals surface area (Å²) in [7, 11) is 0. The Balaban J connectivity index is 1.54. The fourth-order valence-electron chi connectivity index (χ4n) is 3.85. The number of rotatable bonds is 2. The Labute approximate surface area is 151 Å². The highest BCUT2D eigenvalue weighted by atomic mass is 16.2. The zero-order chi connectivity index (χ0) is 18.1. The second-order valence-corrected chi connectivity index (χ2v) is 6.95. The number of nitrogens with zero attached hydrogens (tertiary/aromatic N) is 4. The molecule has 2 aromatic heterocycles. The van der Waals surface area contributed by atoms with Gasteiger partial charge in [-0.2, -0.15) is 0 Å². The number of hydrogen-bond donors (Lipinski definition) is 1. The molecule has 134 valence electrons. The van der Waals surface area contributed by atoms with E-state index in [0.717, 1.165) is 12.8 Å². The SMILES string of the molecule is Nc1ccc(C(=O)N2C[C@H]3CC[C@@H]2CN(C(=O)c2ccccn2)C3)cn1. The summed E-state index contributed by atoms with van der Waals surface area (Å²) in [6, 6.07) is 8.71. The minimum absolute atomic E-state index is 0.0199. The molecule has 7 nitrogen and oxygen atoms in total. The molecular formula is C19H21N5O2. The van der Waals surface area contributed by atoms with Gasteiger partial charge in [-0.3, -0.25) is 14.6 Å². The lowest BCUT2D eigenvalue weighted by molar-refractivity contribution is 0.0573. The molecule has 2 amide bonds. The van der Waals surface area contributed by atoms with Crippen LogP contribution in [0.15, 0.2) is 42.7 Å². The number of nitrogens with two attached hydrogens (primary N) is 1. The van der Waals surface area contributed by atoms with Gasteiger partial charge in [0.1, 0.15) is 11.5 Å². The molecule has 0 aromatic carbocycles. The van der Waals surface area contributed by atoms with E-state index in [-0.39, 0.29) is 23.8 Å². The molecule has 0 aliphatic carbocycles. The average molecular weight is 351 g/mol. The molecule has 26 heavy (non-hydrogen) atoms. The number of hydrogen-bond acceptors (Lipinski definition) is 5. The van der Waals surface area contributed by atoms with Crippen LogP contribution < -0.4 is 5.73 Å². The van der Waals surface area contributed by atoms with Crippen molar-refractivity contribution in [3.63, 3.8) is 0 Å². The largest absolute Gasteiger partial charge is 0.384 e. The van der Waals surface area contributed by atoms with Crippen molar-refractivity contribution in [3.05, 3.63) is 54.0 Å². The molecular weight excluding hydrogens is 330 g/mol. The third kappa shape index (κ3) is 3.12. The molecule has 2 aromatic rings. The first-order valence-corrected chi connectivity index (χ1v) is 8.84. The van der Waals surface area contributed by atoms with Gasteiger partial charge < -0.3 is 15.5 Å². The summed E-state index contributed by atoms with van der Waals surface area (Å²) in [5.41, 5.74) is 6.60. The van der Waals surface area contributed by atoms with E-state index in [0.29, 0.717) is 36.7 Å². The predicted molar refractivity (Wildman–Crippen MR) is 96.3 cm³/mol. The van der Waals surface area contributed by atoms with E-state index in [4.69, 9.17) is 5.73 Å². The van der Waals surface area contributed by atoms with Crippen LogP contribution in [0.5, 0.6) is 0 Å². The van der Waals surface area contributed by atoms with Crippen LogP contribution in [0.1, 0.15) is 33.7 Å². The Hall–Kier alpha value is -2.96. The maximum absolute atomic E-state index is 12.9. The van der Waals surface area contributed by atoms with Crippen LogP contribution >= 0.6 is 0 Å². The van der Waals surface area contributed by atoms with Gasteiger partial charge in [0.05, 0.1) is 5.56 Å². The normalized spacial score (nSPS) is 22.2. The van der Waals surface area contributed by atoms with Gasteiger partial charge in [-0.15, -0.1) is 0 Å². The van der Waals surface area contributed by atoms with Crippen molar-refractivity contribution in [2.75, 3.05) is 25.4 Å². The van der Waals surface area contributed by atoms with Crippen molar-refractivity contribution in [2.45, 2.75) is 18.9 Å². The van der Waals surface area contributed by atoms with Gasteiger partial charge in [0, 0.05) is 38.1 Å². The summed E-state index contributed by atoms with van der Waals surface area (Å²) in [5.74, 6) is 0.573. The minimum atomic E-state index is -0.0639. The third-order valence-electron chi connectivity index (χ3n) is 5.18. The Morgan fingerprint density at radius 3 is 2.62 bits per heavy atom. The topological polar surface area (TPSA) is 92.4 Å². The molecule has 2 atom stereocenters. The van der Waals surface area contributed by atoms with Gasteiger partial charge >= 0.3 is 0 Å². The summed E-state index contributed by atoms with van der Waals surface area (Å²) in [5, 5.41) is 0. The number of amides is 2. The highest BCUT2D eigenvalue weighted by Gasteiger charge is 2.39. The zero-order valence-corrected chi connectivity index (χ0v) is 14.4. The van der Waals surface area contributed by atoms with Crippen molar-refractivity contribution in [3.8, 4) is 0 Å². The first kappa shape index (κ1) is 16.5. The number of fused-ring (bicyclic) bond motifs is 4. The molecule has 0 unspecified atom stereocenters. The number of pyridine rings is 2. The summed E-state index contributed by atoms with van der Waals surface area (Å²) >= 11 is 0. The fourth-order valence-corrected chi connectivity index (χ4v) is 3.85. The third-order valence-corrected chi connectivity index (χ3v) is 5.18. The fraction of sp³-hybridized carbons (Fsp3) is 0.368. The van der Waals surface area contributed by atoms with Gasteiger partial charge in [0.25, 0.3) is 11.8 Å². The van der Waals surface area contributed by atoms with Crippen LogP contribution in [-0.2, 0) is 0 Å². The molecule has 2 bridgehead atoms. The maximum atomic E-state index is 12.9. The maximum Gasteiger partial charge on any atom is 0.272 e. The van der Waals surface area contributed by atoms with Crippen LogP contribution in [0.4, 0.5) is 5.82 Å². The molecule has 3 fully saturated rings. The molecule has 2 N–H and O–H groups in total. The quantitative estimate of drug-likeness (QED) is 0.884. The van der Waals surface area contributed by atoms with Crippen LogP contribution in [-0.4, -0.2) is 57.3 Å². The summed E-state index contributed by atoms with van der Waals surface area (Å²) in [6.45, 7) is 1.87. The van der Waals surface area contributed by atoms with E-state index in [1.807, 2.05) is 15.9 Å². The molecule has 3 aliphatic rings. The number of carbonyl (C=O) groups excluding carboxylic acids is 2. The van der Waals surface area contributed by atoms with Crippen LogP contribution in [0.25, 0.3) is 0 Å². The second kappa shape index (κ2) is 6.74. The number of nitrogen functional groups attached to an aromatic ring is 1. The molecule has 5 rings (SSSR count). The summed E-state index contributed by atoms with van der Waals surface area (Å²) < 4.78 is 0. The Bertz CT molecular complexity index is 808. The molecule has 3 aliphatic heterocycles. The molecule has 7 heteroatoms. The smallest absolute Gasteiger partial charge is 0.272 e. The van der Waals surface area contributed by atoms with Crippen molar-refractivity contribution in [1.29, 1.82) is 0 Å². The first-order chi connectivity index (χ1) is 12.6. The lowest BCUT2D eigenvalue weighted by Gasteiger charge is -2.36. The van der Waals surface area contributed by atoms with E-state index >= 15 is 0 Å². The zero-order valence-electron chi connectivity index (χ0n) is 14.4. The average Bonchev–Trinajstić information content (AvgIpc) is 3.00. The Kier molecular flexibility index (Phi) is 4.28. The van der Waals surface area contributed by atoms with Crippen molar-refractivity contribution in [2.24, 2.45) is 5.92 Å².